The Kier molecular flexibility index (Phi) is 3.90. The van der Waals surface area contributed by atoms with Gasteiger partial charge in [-0.05, 0) is 18.6 Å². The number of ether oxygens (including phenoxy) is 2. The lowest BCUT2D eigenvalue weighted by molar-refractivity contribution is -0.222. The third-order valence-corrected chi connectivity index (χ3v) is 2.98. The number of carbonyl (C=O) groups excluding carboxylic acids is 2. The molecule has 0 spiro atoms. The molecule has 0 unspecified atom stereocenters. The van der Waals surface area contributed by atoms with Crippen molar-refractivity contribution in [2.45, 2.75) is 26.6 Å². The molecule has 1 aliphatic rings. The zero-order valence-electron chi connectivity index (χ0n) is 12.3. The van der Waals surface area contributed by atoms with Gasteiger partial charge in [0.1, 0.15) is 0 Å². The molecule has 2 rings (SSSR count). The number of anilines is 1. The highest BCUT2D eigenvalue weighted by molar-refractivity contribution is 6.15. The molecular formula is C15H15NO6. The second kappa shape index (κ2) is 5.51. The van der Waals surface area contributed by atoms with E-state index in [0.29, 0.717) is 5.56 Å². The normalized spacial score (nSPS) is 16.6. The molecule has 1 heterocycles. The Bertz CT molecular complexity index is 667. The summed E-state index contributed by atoms with van der Waals surface area (Å²) >= 11 is 0. The number of aromatic carboxylic acids is 1. The van der Waals surface area contributed by atoms with E-state index in [4.69, 9.17) is 9.47 Å². The Morgan fingerprint density at radius 2 is 1.82 bits per heavy atom. The van der Waals surface area contributed by atoms with Crippen LogP contribution < -0.4 is 5.32 Å². The van der Waals surface area contributed by atoms with Crippen molar-refractivity contribution in [1.82, 2.24) is 0 Å². The number of nitrogens with one attached hydrogen (secondary N) is 1. The number of hydrogen-bond donors (Lipinski definition) is 2. The summed E-state index contributed by atoms with van der Waals surface area (Å²) in [5, 5.41) is 11.9. The lowest BCUT2D eigenvalue weighted by atomic mass is 10.1. The standard InChI is InChI=1S/C15H15NO6/c1-8-5-4-6-10(11(8)12(17)18)16-7-9-13(19)21-15(2,3)22-14(9)20/h4-7,16H,1-3H3,(H,17,18). The molecule has 7 nitrogen and oxygen atoms in total. The summed E-state index contributed by atoms with van der Waals surface area (Å²) in [6, 6.07) is 4.83. The Morgan fingerprint density at radius 3 is 2.36 bits per heavy atom. The first-order valence-corrected chi connectivity index (χ1v) is 6.47. The van der Waals surface area contributed by atoms with Crippen LogP contribution in [0.5, 0.6) is 0 Å². The van der Waals surface area contributed by atoms with Gasteiger partial charge in [-0.2, -0.15) is 0 Å². The van der Waals surface area contributed by atoms with Gasteiger partial charge in [-0.3, -0.25) is 0 Å². The van der Waals surface area contributed by atoms with Crippen LogP contribution in [0.15, 0.2) is 30.0 Å². The molecule has 1 saturated heterocycles. The van der Waals surface area contributed by atoms with E-state index in [9.17, 15) is 19.5 Å². The van der Waals surface area contributed by atoms with Crippen LogP contribution in [0.1, 0.15) is 29.8 Å². The summed E-state index contributed by atoms with van der Waals surface area (Å²) in [6.07, 6.45) is 1.08. The van der Waals surface area contributed by atoms with E-state index in [2.05, 4.69) is 5.32 Å². The zero-order valence-corrected chi connectivity index (χ0v) is 12.3. The second-order valence-electron chi connectivity index (χ2n) is 5.18. The van der Waals surface area contributed by atoms with Gasteiger partial charge in [0.25, 0.3) is 5.79 Å². The molecule has 0 bridgehead atoms. The predicted molar refractivity (Wildman–Crippen MR) is 76.1 cm³/mol. The van der Waals surface area contributed by atoms with Gasteiger partial charge in [0.2, 0.25) is 0 Å². The molecule has 0 aromatic heterocycles. The van der Waals surface area contributed by atoms with Crippen molar-refractivity contribution < 1.29 is 29.0 Å². The van der Waals surface area contributed by atoms with Gasteiger partial charge in [-0.25, -0.2) is 14.4 Å². The number of aryl methyl sites for hydroxylation is 1. The summed E-state index contributed by atoms with van der Waals surface area (Å²) in [6.45, 7) is 4.53. The molecule has 0 saturated carbocycles. The molecule has 1 aromatic rings. The minimum atomic E-state index is -1.32. The molecule has 22 heavy (non-hydrogen) atoms. The highest BCUT2D eigenvalue weighted by atomic mass is 16.7. The van der Waals surface area contributed by atoms with E-state index >= 15 is 0 Å². The van der Waals surface area contributed by atoms with Crippen LogP contribution in [-0.2, 0) is 19.1 Å². The number of rotatable bonds is 3. The molecule has 0 aliphatic carbocycles. The summed E-state index contributed by atoms with van der Waals surface area (Å²) < 4.78 is 9.88. The van der Waals surface area contributed by atoms with Crippen molar-refractivity contribution in [2.24, 2.45) is 0 Å². The maximum Gasteiger partial charge on any atom is 0.350 e. The van der Waals surface area contributed by atoms with Crippen LogP contribution in [0, 0.1) is 6.92 Å². The first kappa shape index (κ1) is 15.6. The number of carbonyl (C=O) groups is 3. The zero-order chi connectivity index (χ0) is 16.5. The number of cyclic esters (lactones) is 2. The third-order valence-electron chi connectivity index (χ3n) is 2.98. The molecule has 7 heteroatoms. The van der Waals surface area contributed by atoms with Crippen LogP contribution in [0.3, 0.4) is 0 Å². The van der Waals surface area contributed by atoms with Crippen molar-refractivity contribution in [2.75, 3.05) is 5.32 Å². The summed E-state index contributed by atoms with van der Waals surface area (Å²) in [5.41, 5.74) is 0.519. The predicted octanol–water partition coefficient (Wildman–Crippen LogP) is 1.83. The Balaban J connectivity index is 2.30. The van der Waals surface area contributed by atoms with Crippen LogP contribution in [0.2, 0.25) is 0 Å². The fraction of sp³-hybridized carbons (Fsp3) is 0.267. The van der Waals surface area contributed by atoms with Crippen LogP contribution in [-0.4, -0.2) is 28.8 Å². The molecule has 116 valence electrons. The molecule has 0 radical (unpaired) electrons. The van der Waals surface area contributed by atoms with Crippen molar-refractivity contribution in [3.63, 3.8) is 0 Å². The minimum Gasteiger partial charge on any atom is -0.478 e. The quantitative estimate of drug-likeness (QED) is 0.499. The highest BCUT2D eigenvalue weighted by Crippen LogP contribution is 2.24. The Labute approximate surface area is 126 Å². The number of hydrogen-bond acceptors (Lipinski definition) is 6. The van der Waals surface area contributed by atoms with E-state index in [1.54, 1.807) is 19.1 Å². The summed E-state index contributed by atoms with van der Waals surface area (Å²) in [5.74, 6) is -4.10. The number of carboxylic acids is 1. The van der Waals surface area contributed by atoms with Gasteiger partial charge in [-0.15, -0.1) is 0 Å². The van der Waals surface area contributed by atoms with Crippen molar-refractivity contribution in [1.29, 1.82) is 0 Å². The van der Waals surface area contributed by atoms with E-state index in [1.165, 1.54) is 19.9 Å². The lowest BCUT2D eigenvalue weighted by Gasteiger charge is -2.29. The fourth-order valence-electron chi connectivity index (χ4n) is 2.00. The van der Waals surface area contributed by atoms with E-state index in [-0.39, 0.29) is 16.8 Å². The average molecular weight is 305 g/mol. The third kappa shape index (κ3) is 3.08. The fourth-order valence-corrected chi connectivity index (χ4v) is 2.00. The van der Waals surface area contributed by atoms with Gasteiger partial charge in [0.05, 0.1) is 11.3 Å². The first-order valence-electron chi connectivity index (χ1n) is 6.47. The average Bonchev–Trinajstić information content (AvgIpc) is 2.35. The van der Waals surface area contributed by atoms with Crippen LogP contribution in [0.25, 0.3) is 0 Å². The van der Waals surface area contributed by atoms with Crippen molar-refractivity contribution in [3.8, 4) is 0 Å². The largest absolute Gasteiger partial charge is 0.478 e. The smallest absolute Gasteiger partial charge is 0.350 e. The topological polar surface area (TPSA) is 102 Å². The van der Waals surface area contributed by atoms with Gasteiger partial charge in [0, 0.05) is 20.0 Å². The van der Waals surface area contributed by atoms with Gasteiger partial charge in [0.15, 0.2) is 5.57 Å². The van der Waals surface area contributed by atoms with E-state index in [1.807, 2.05) is 0 Å². The van der Waals surface area contributed by atoms with E-state index < -0.39 is 23.7 Å². The molecule has 1 fully saturated rings. The lowest BCUT2D eigenvalue weighted by Crippen LogP contribution is -2.42. The monoisotopic (exact) mass is 305 g/mol. The summed E-state index contributed by atoms with van der Waals surface area (Å²) in [7, 11) is 0. The molecule has 0 amide bonds. The number of carboxylic acid groups (broad SMARTS) is 1. The van der Waals surface area contributed by atoms with E-state index in [0.717, 1.165) is 6.20 Å². The molecular weight excluding hydrogens is 290 g/mol. The van der Waals surface area contributed by atoms with Crippen LogP contribution >= 0.6 is 0 Å². The highest BCUT2D eigenvalue weighted by Gasteiger charge is 2.39. The van der Waals surface area contributed by atoms with Crippen LogP contribution in [0.4, 0.5) is 5.69 Å². The SMILES string of the molecule is Cc1cccc(NC=C2C(=O)OC(C)(C)OC2=O)c1C(=O)O. The number of benzene rings is 1. The molecule has 0 atom stereocenters. The second-order valence-corrected chi connectivity index (χ2v) is 5.18. The first-order chi connectivity index (χ1) is 10.2. The van der Waals surface area contributed by atoms with Crippen molar-refractivity contribution in [3.05, 3.63) is 41.1 Å². The molecule has 2 N–H and O–H groups in total. The van der Waals surface area contributed by atoms with Gasteiger partial charge >= 0.3 is 17.9 Å². The maximum absolute atomic E-state index is 11.8. The van der Waals surface area contributed by atoms with Gasteiger partial charge < -0.3 is 19.9 Å². The minimum absolute atomic E-state index is 0.0530. The molecule has 1 aliphatic heterocycles. The maximum atomic E-state index is 11.8. The van der Waals surface area contributed by atoms with Crippen molar-refractivity contribution >= 4 is 23.6 Å². The Hall–Kier alpha value is -2.83. The molecule has 1 aromatic carbocycles. The van der Waals surface area contributed by atoms with Gasteiger partial charge in [-0.1, -0.05) is 12.1 Å². The Morgan fingerprint density at radius 1 is 1.23 bits per heavy atom. The summed E-state index contributed by atoms with van der Waals surface area (Å²) in [4.78, 5) is 34.8. The number of esters is 2.